The molecule has 28 heavy (non-hydrogen) atoms. The maximum absolute atomic E-state index is 12.6. The van der Waals surface area contributed by atoms with Crippen molar-refractivity contribution in [2.75, 3.05) is 20.2 Å². The molecule has 0 aliphatic carbocycles. The summed E-state index contributed by atoms with van der Waals surface area (Å²) in [5, 5.41) is 13.0. The summed E-state index contributed by atoms with van der Waals surface area (Å²) in [7, 11) is 2.07. The van der Waals surface area contributed by atoms with E-state index in [0.717, 1.165) is 40.7 Å². The van der Waals surface area contributed by atoms with Crippen LogP contribution >= 0.6 is 11.3 Å². The van der Waals surface area contributed by atoms with E-state index in [0.29, 0.717) is 22.7 Å². The van der Waals surface area contributed by atoms with Gasteiger partial charge in [0.05, 0.1) is 12.2 Å². The molecule has 4 rings (SSSR count). The highest BCUT2D eigenvalue weighted by atomic mass is 32.1. The van der Waals surface area contributed by atoms with E-state index in [1.807, 2.05) is 37.3 Å². The standard InChI is InChI=1S/C22H22N2O3S/c1-3-27-22(26)20-16-10-11-24(2)13-19(16)28-21(20)23-12-17-15-7-5-4-6-14(15)8-9-18(17)25/h4-9,12,25H,3,10-11,13H2,1-2H3/b23-12+. The van der Waals surface area contributed by atoms with Gasteiger partial charge in [-0.2, -0.15) is 0 Å². The van der Waals surface area contributed by atoms with Gasteiger partial charge in [0.15, 0.2) is 0 Å². The fourth-order valence-electron chi connectivity index (χ4n) is 3.56. The molecule has 0 radical (unpaired) electrons. The number of carbonyl (C=O) groups is 1. The first-order valence-electron chi connectivity index (χ1n) is 9.33. The van der Waals surface area contributed by atoms with Crippen molar-refractivity contribution in [2.45, 2.75) is 19.9 Å². The third-order valence-electron chi connectivity index (χ3n) is 4.97. The highest BCUT2D eigenvalue weighted by Crippen LogP contribution is 2.39. The van der Waals surface area contributed by atoms with Crippen molar-refractivity contribution in [3.8, 4) is 5.75 Å². The minimum atomic E-state index is -0.321. The number of benzene rings is 2. The van der Waals surface area contributed by atoms with Gasteiger partial charge in [0.2, 0.25) is 0 Å². The molecule has 0 fully saturated rings. The third kappa shape index (κ3) is 3.41. The quantitative estimate of drug-likeness (QED) is 0.522. The Labute approximate surface area is 167 Å². The zero-order valence-electron chi connectivity index (χ0n) is 15.9. The predicted molar refractivity (Wildman–Crippen MR) is 113 cm³/mol. The van der Waals surface area contributed by atoms with E-state index in [9.17, 15) is 9.90 Å². The number of phenolic OH excluding ortho intramolecular Hbond substituents is 1. The van der Waals surface area contributed by atoms with Crippen LogP contribution in [0.2, 0.25) is 0 Å². The monoisotopic (exact) mass is 394 g/mol. The van der Waals surface area contributed by atoms with Crippen LogP contribution in [-0.2, 0) is 17.7 Å². The van der Waals surface area contributed by atoms with Gasteiger partial charge in [-0.15, -0.1) is 11.3 Å². The molecule has 0 bridgehead atoms. The first-order chi connectivity index (χ1) is 13.6. The molecule has 0 amide bonds. The van der Waals surface area contributed by atoms with E-state index >= 15 is 0 Å². The highest BCUT2D eigenvalue weighted by Gasteiger charge is 2.27. The Morgan fingerprint density at radius 2 is 2.14 bits per heavy atom. The number of rotatable bonds is 4. The zero-order chi connectivity index (χ0) is 19.7. The summed E-state index contributed by atoms with van der Waals surface area (Å²) in [5.41, 5.74) is 2.28. The number of hydrogen-bond donors (Lipinski definition) is 1. The molecular formula is C22H22N2O3S. The zero-order valence-corrected chi connectivity index (χ0v) is 16.8. The van der Waals surface area contributed by atoms with Crippen molar-refractivity contribution in [3.63, 3.8) is 0 Å². The van der Waals surface area contributed by atoms with Gasteiger partial charge in [0, 0.05) is 29.7 Å². The molecule has 0 saturated carbocycles. The van der Waals surface area contributed by atoms with Gasteiger partial charge in [0.25, 0.3) is 0 Å². The summed E-state index contributed by atoms with van der Waals surface area (Å²) in [6.07, 6.45) is 2.47. The average molecular weight is 394 g/mol. The van der Waals surface area contributed by atoms with Crippen molar-refractivity contribution in [3.05, 3.63) is 58.0 Å². The van der Waals surface area contributed by atoms with Crippen LogP contribution in [0.15, 0.2) is 41.4 Å². The van der Waals surface area contributed by atoms with Crippen molar-refractivity contribution in [1.82, 2.24) is 4.90 Å². The molecule has 1 aromatic heterocycles. The summed E-state index contributed by atoms with van der Waals surface area (Å²) in [6, 6.07) is 11.4. The average Bonchev–Trinajstić information content (AvgIpc) is 3.04. The molecule has 144 valence electrons. The van der Waals surface area contributed by atoms with Gasteiger partial charge >= 0.3 is 5.97 Å². The van der Waals surface area contributed by atoms with Crippen LogP contribution in [0.3, 0.4) is 0 Å². The second kappa shape index (κ2) is 7.73. The topological polar surface area (TPSA) is 62.1 Å². The van der Waals surface area contributed by atoms with Crippen LogP contribution in [0.4, 0.5) is 5.00 Å². The van der Waals surface area contributed by atoms with Crippen LogP contribution in [0.5, 0.6) is 5.75 Å². The van der Waals surface area contributed by atoms with Crippen molar-refractivity contribution in [1.29, 1.82) is 0 Å². The Hall–Kier alpha value is -2.70. The van der Waals surface area contributed by atoms with E-state index in [-0.39, 0.29) is 11.7 Å². The fraction of sp³-hybridized carbons (Fsp3) is 0.273. The number of aromatic hydroxyl groups is 1. The van der Waals surface area contributed by atoms with Crippen LogP contribution < -0.4 is 0 Å². The lowest BCUT2D eigenvalue weighted by atomic mass is 10.0. The second-order valence-electron chi connectivity index (χ2n) is 6.87. The highest BCUT2D eigenvalue weighted by molar-refractivity contribution is 7.16. The summed E-state index contributed by atoms with van der Waals surface area (Å²) in [5.74, 6) is -0.153. The van der Waals surface area contributed by atoms with Gasteiger partial charge < -0.3 is 14.7 Å². The summed E-state index contributed by atoms with van der Waals surface area (Å²) in [4.78, 5) is 20.6. The van der Waals surface area contributed by atoms with Crippen LogP contribution in [0, 0.1) is 0 Å². The summed E-state index contributed by atoms with van der Waals surface area (Å²) < 4.78 is 5.30. The largest absolute Gasteiger partial charge is 0.507 e. The number of phenols is 1. The van der Waals surface area contributed by atoms with E-state index in [1.165, 1.54) is 11.3 Å². The van der Waals surface area contributed by atoms with E-state index in [4.69, 9.17) is 4.74 Å². The maximum Gasteiger partial charge on any atom is 0.341 e. The van der Waals surface area contributed by atoms with Crippen molar-refractivity contribution in [2.24, 2.45) is 4.99 Å². The van der Waals surface area contributed by atoms with Crippen molar-refractivity contribution < 1.29 is 14.6 Å². The SMILES string of the molecule is CCOC(=O)c1c(/N=C/c2c(O)ccc3ccccc23)sc2c1CCN(C)C2. The van der Waals surface area contributed by atoms with Gasteiger partial charge in [-0.25, -0.2) is 9.79 Å². The predicted octanol–water partition coefficient (Wildman–Crippen LogP) is 4.52. The molecule has 0 spiro atoms. The first kappa shape index (κ1) is 18.7. The minimum absolute atomic E-state index is 0.168. The molecular weight excluding hydrogens is 372 g/mol. The Bertz CT molecular complexity index is 1070. The van der Waals surface area contributed by atoms with Crippen molar-refractivity contribution >= 4 is 39.3 Å². The number of aliphatic imine (C=N–C) groups is 1. The lowest BCUT2D eigenvalue weighted by Gasteiger charge is -2.22. The number of carbonyl (C=O) groups excluding carboxylic acids is 1. The first-order valence-corrected chi connectivity index (χ1v) is 10.1. The van der Waals surface area contributed by atoms with E-state index < -0.39 is 0 Å². The summed E-state index contributed by atoms with van der Waals surface area (Å²) >= 11 is 1.53. The number of likely N-dealkylation sites (N-methyl/N-ethyl adjacent to an activating group) is 1. The third-order valence-corrected chi connectivity index (χ3v) is 6.09. The Kier molecular flexibility index (Phi) is 5.15. The molecule has 2 aromatic carbocycles. The second-order valence-corrected chi connectivity index (χ2v) is 7.95. The van der Waals surface area contributed by atoms with Gasteiger partial charge in [-0.1, -0.05) is 30.3 Å². The lowest BCUT2D eigenvalue weighted by molar-refractivity contribution is 0.0526. The molecule has 2 heterocycles. The summed E-state index contributed by atoms with van der Waals surface area (Å²) in [6.45, 7) is 3.85. The van der Waals surface area contributed by atoms with E-state index in [2.05, 4.69) is 16.9 Å². The van der Waals surface area contributed by atoms with E-state index in [1.54, 1.807) is 12.3 Å². The number of thiophene rings is 1. The molecule has 1 aliphatic heterocycles. The molecule has 0 atom stereocenters. The lowest BCUT2D eigenvalue weighted by Crippen LogP contribution is -2.26. The normalized spacial score (nSPS) is 14.5. The minimum Gasteiger partial charge on any atom is -0.507 e. The molecule has 0 saturated heterocycles. The molecule has 6 heteroatoms. The Morgan fingerprint density at radius 1 is 1.32 bits per heavy atom. The number of hydrogen-bond acceptors (Lipinski definition) is 6. The van der Waals surface area contributed by atoms with Gasteiger partial charge in [0.1, 0.15) is 10.8 Å². The number of fused-ring (bicyclic) bond motifs is 2. The molecule has 0 unspecified atom stereocenters. The number of esters is 1. The maximum atomic E-state index is 12.6. The van der Waals surface area contributed by atoms with Gasteiger partial charge in [-0.3, -0.25) is 0 Å². The van der Waals surface area contributed by atoms with Crippen LogP contribution in [0.1, 0.15) is 33.3 Å². The number of nitrogens with zero attached hydrogens (tertiary/aromatic N) is 2. The molecule has 1 aliphatic rings. The Morgan fingerprint density at radius 3 is 2.96 bits per heavy atom. The van der Waals surface area contributed by atoms with Crippen LogP contribution in [-0.4, -0.2) is 42.4 Å². The number of ether oxygens (including phenoxy) is 1. The van der Waals surface area contributed by atoms with Crippen LogP contribution in [0.25, 0.3) is 10.8 Å². The molecule has 1 N–H and O–H groups in total. The molecule has 3 aromatic rings. The molecule has 5 nitrogen and oxygen atoms in total. The Balaban J connectivity index is 1.80. The fourth-order valence-corrected chi connectivity index (χ4v) is 4.82. The van der Waals surface area contributed by atoms with Gasteiger partial charge in [-0.05, 0) is 42.8 Å². The smallest absolute Gasteiger partial charge is 0.341 e.